The van der Waals surface area contributed by atoms with Crippen molar-refractivity contribution in [1.29, 1.82) is 0 Å². The van der Waals surface area contributed by atoms with Crippen LogP contribution in [-0.2, 0) is 0 Å². The minimum atomic E-state index is -0.471. The van der Waals surface area contributed by atoms with Crippen molar-refractivity contribution < 1.29 is 8.78 Å². The summed E-state index contributed by atoms with van der Waals surface area (Å²) in [6.45, 7) is 0.629. The monoisotopic (exact) mass is 350 g/mol. The van der Waals surface area contributed by atoms with Crippen molar-refractivity contribution >= 4 is 27.3 Å². The largest absolute Gasteiger partial charge is 0.363 e. The molecule has 2 aromatic rings. The maximum absolute atomic E-state index is 14.1. The van der Waals surface area contributed by atoms with Gasteiger partial charge in [0, 0.05) is 22.5 Å². The van der Waals surface area contributed by atoms with Crippen molar-refractivity contribution in [1.82, 2.24) is 0 Å². The van der Waals surface area contributed by atoms with Gasteiger partial charge in [0.2, 0.25) is 0 Å². The van der Waals surface area contributed by atoms with Crippen LogP contribution in [0.3, 0.4) is 0 Å². The summed E-state index contributed by atoms with van der Waals surface area (Å²) in [6, 6.07) is 10.7. The van der Waals surface area contributed by atoms with Crippen molar-refractivity contribution in [2.75, 3.05) is 16.8 Å². The van der Waals surface area contributed by atoms with Crippen LogP contribution in [0.2, 0.25) is 0 Å². The zero-order chi connectivity index (χ0) is 14.6. The van der Waals surface area contributed by atoms with Crippen LogP contribution in [0.15, 0.2) is 40.9 Å². The molecule has 0 amide bonds. The summed E-state index contributed by atoms with van der Waals surface area (Å²) in [6.07, 6.45) is 0.819. The van der Waals surface area contributed by atoms with Crippen LogP contribution < -0.4 is 10.2 Å². The summed E-state index contributed by atoms with van der Waals surface area (Å²) in [5.74, 6) is -1.08. The fraction of sp³-hybridized carbons (Fsp3) is 0.250. The third-order valence-corrected chi connectivity index (χ3v) is 4.75. The van der Waals surface area contributed by atoms with Gasteiger partial charge in [-0.2, -0.15) is 0 Å². The Bertz CT molecular complexity index is 696. The summed E-state index contributed by atoms with van der Waals surface area (Å²) in [4.78, 5) is 2.20. The Kier molecular flexibility index (Phi) is 2.92. The van der Waals surface area contributed by atoms with E-state index in [4.69, 9.17) is 0 Å². The molecule has 2 atom stereocenters. The molecule has 0 saturated carbocycles. The maximum atomic E-state index is 14.1. The lowest BCUT2D eigenvalue weighted by Gasteiger charge is -2.18. The Balaban J connectivity index is 1.68. The number of halogens is 3. The molecule has 5 heteroatoms. The lowest BCUT2D eigenvalue weighted by molar-refractivity contribution is 0.528. The summed E-state index contributed by atoms with van der Waals surface area (Å²) in [7, 11) is 0. The first-order chi connectivity index (χ1) is 10.1. The zero-order valence-corrected chi connectivity index (χ0v) is 12.7. The average Bonchev–Trinajstić information content (AvgIpc) is 2.94. The highest BCUT2D eigenvalue weighted by atomic mass is 79.9. The zero-order valence-electron chi connectivity index (χ0n) is 11.1. The Morgan fingerprint density at radius 1 is 1.14 bits per heavy atom. The second-order valence-corrected chi connectivity index (χ2v) is 6.46. The lowest BCUT2D eigenvalue weighted by atomic mass is 9.96. The molecule has 2 aliphatic rings. The van der Waals surface area contributed by atoms with Crippen molar-refractivity contribution in [3.63, 3.8) is 0 Å². The van der Waals surface area contributed by atoms with Gasteiger partial charge in [0.05, 0.1) is 17.5 Å². The van der Waals surface area contributed by atoms with Gasteiger partial charge < -0.3 is 10.2 Å². The predicted molar refractivity (Wildman–Crippen MR) is 82.6 cm³/mol. The normalized spacial score (nSPS) is 22.9. The molecule has 0 radical (unpaired) electrons. The number of nitrogens with one attached hydrogen (secondary N) is 1. The molecule has 1 N–H and O–H groups in total. The number of nitrogens with zero attached hydrogens (tertiary/aromatic N) is 1. The highest BCUT2D eigenvalue weighted by molar-refractivity contribution is 9.10. The van der Waals surface area contributed by atoms with E-state index in [1.807, 2.05) is 24.3 Å². The molecule has 0 aromatic heterocycles. The average molecular weight is 351 g/mol. The van der Waals surface area contributed by atoms with E-state index < -0.39 is 11.6 Å². The van der Waals surface area contributed by atoms with Gasteiger partial charge in [0.25, 0.3) is 0 Å². The Hall–Kier alpha value is -1.62. The molecule has 1 saturated heterocycles. The molecule has 2 aliphatic heterocycles. The summed E-state index contributed by atoms with van der Waals surface area (Å²) in [5, 5.41) is 3.42. The molecular weight excluding hydrogens is 338 g/mol. The molecule has 2 nitrogen and oxygen atoms in total. The van der Waals surface area contributed by atoms with Crippen molar-refractivity contribution in [2.45, 2.75) is 18.5 Å². The van der Waals surface area contributed by atoms with Crippen LogP contribution in [0.4, 0.5) is 20.2 Å². The van der Waals surface area contributed by atoms with Crippen LogP contribution >= 0.6 is 15.9 Å². The van der Waals surface area contributed by atoms with E-state index in [1.54, 1.807) is 0 Å². The number of para-hydroxylation sites is 2. The Labute approximate surface area is 129 Å². The van der Waals surface area contributed by atoms with Gasteiger partial charge in [-0.15, -0.1) is 0 Å². The Morgan fingerprint density at radius 2 is 1.86 bits per heavy atom. The molecule has 21 heavy (non-hydrogen) atoms. The van der Waals surface area contributed by atoms with Crippen LogP contribution in [0, 0.1) is 11.6 Å². The molecule has 0 bridgehead atoms. The van der Waals surface area contributed by atoms with Crippen molar-refractivity contribution in [3.8, 4) is 0 Å². The van der Waals surface area contributed by atoms with Gasteiger partial charge in [-0.25, -0.2) is 8.78 Å². The van der Waals surface area contributed by atoms with E-state index >= 15 is 0 Å². The van der Waals surface area contributed by atoms with E-state index in [1.165, 1.54) is 12.1 Å². The summed E-state index contributed by atoms with van der Waals surface area (Å²) in [5.41, 5.74) is 2.41. The highest BCUT2D eigenvalue weighted by Crippen LogP contribution is 2.44. The Morgan fingerprint density at radius 3 is 2.62 bits per heavy atom. The molecule has 2 heterocycles. The molecular formula is C16H13BrF2N2. The van der Waals surface area contributed by atoms with Crippen molar-refractivity contribution in [2.24, 2.45) is 0 Å². The highest BCUT2D eigenvalue weighted by Gasteiger charge is 2.40. The van der Waals surface area contributed by atoms with Crippen LogP contribution in [0.1, 0.15) is 17.9 Å². The SMILES string of the molecule is Fc1cc(Br)cc(F)c1[C@H]1CC2Nc3ccccc3N2C1. The number of benzene rings is 2. The van der Waals surface area contributed by atoms with Gasteiger partial charge in [0.15, 0.2) is 0 Å². The van der Waals surface area contributed by atoms with E-state index in [0.29, 0.717) is 17.4 Å². The first kappa shape index (κ1) is 13.1. The molecule has 4 rings (SSSR count). The van der Waals surface area contributed by atoms with Crippen LogP contribution in [0.25, 0.3) is 0 Å². The molecule has 0 aliphatic carbocycles. The smallest absolute Gasteiger partial charge is 0.130 e. The fourth-order valence-electron chi connectivity index (χ4n) is 3.42. The standard InChI is InChI=1S/C16H13BrF2N2/c17-10-6-11(18)16(12(19)7-10)9-5-15-20-13-3-1-2-4-14(13)21(15)8-9/h1-4,6-7,9,15,20H,5,8H2/t9-,15?/m0/s1. The van der Waals surface area contributed by atoms with Crippen molar-refractivity contribution in [3.05, 3.63) is 58.1 Å². The second kappa shape index (κ2) is 4.70. The van der Waals surface area contributed by atoms with Gasteiger partial charge in [-0.3, -0.25) is 0 Å². The predicted octanol–water partition coefficient (Wildman–Crippen LogP) is 4.47. The van der Waals surface area contributed by atoms with E-state index in [2.05, 4.69) is 26.1 Å². The minimum absolute atomic E-state index is 0.120. The van der Waals surface area contributed by atoms with Gasteiger partial charge in [-0.1, -0.05) is 28.1 Å². The van der Waals surface area contributed by atoms with Crippen LogP contribution in [0.5, 0.6) is 0 Å². The van der Waals surface area contributed by atoms with E-state index in [0.717, 1.165) is 11.4 Å². The second-order valence-electron chi connectivity index (χ2n) is 5.55. The van der Waals surface area contributed by atoms with Gasteiger partial charge >= 0.3 is 0 Å². The molecule has 0 spiro atoms. The first-order valence-electron chi connectivity index (χ1n) is 6.90. The summed E-state index contributed by atoms with van der Waals surface area (Å²) >= 11 is 3.12. The van der Waals surface area contributed by atoms with Gasteiger partial charge in [-0.05, 0) is 30.7 Å². The van der Waals surface area contributed by atoms with E-state index in [9.17, 15) is 8.78 Å². The minimum Gasteiger partial charge on any atom is -0.363 e. The first-order valence-corrected chi connectivity index (χ1v) is 7.69. The third kappa shape index (κ3) is 2.02. The molecule has 1 fully saturated rings. The number of anilines is 2. The topological polar surface area (TPSA) is 15.3 Å². The number of rotatable bonds is 1. The molecule has 2 aromatic carbocycles. The molecule has 108 valence electrons. The van der Waals surface area contributed by atoms with E-state index in [-0.39, 0.29) is 17.6 Å². The summed E-state index contributed by atoms with van der Waals surface area (Å²) < 4.78 is 28.7. The molecule has 1 unspecified atom stereocenters. The fourth-order valence-corrected chi connectivity index (χ4v) is 3.82. The van der Waals surface area contributed by atoms with Gasteiger partial charge in [0.1, 0.15) is 11.6 Å². The van der Waals surface area contributed by atoms with Crippen LogP contribution in [-0.4, -0.2) is 12.7 Å². The lowest BCUT2D eigenvalue weighted by Crippen LogP contribution is -2.28. The number of hydrogen-bond acceptors (Lipinski definition) is 2. The third-order valence-electron chi connectivity index (χ3n) is 4.29. The maximum Gasteiger partial charge on any atom is 0.130 e. The quantitative estimate of drug-likeness (QED) is 0.815. The number of fused-ring (bicyclic) bond motifs is 3. The number of hydrogen-bond donors (Lipinski definition) is 1.